The molecule has 1 saturated carbocycles. The standard InChI is InChI=1S/C22H25N3O3S/c1-13(19-14(2)24-20(29-19)15-8-4-3-5-9-15)23-18(26)12-25-21(27)16-10-6-7-11-17(16)22(25)28/h3-5,8-9,13,16-17H,6-7,10-12H2,1-2H3,(H,23,26). The molecule has 4 rings (SSSR count). The number of imide groups is 1. The second-order valence-electron chi connectivity index (χ2n) is 7.88. The number of carbonyl (C=O) groups excluding carboxylic acids is 3. The van der Waals surface area contributed by atoms with E-state index in [-0.39, 0.29) is 42.1 Å². The zero-order valence-corrected chi connectivity index (χ0v) is 17.5. The number of nitrogens with one attached hydrogen (secondary N) is 1. The lowest BCUT2D eigenvalue weighted by Crippen LogP contribution is -2.41. The Bertz CT molecular complexity index is 916. The Balaban J connectivity index is 1.42. The van der Waals surface area contributed by atoms with Crippen LogP contribution in [0.1, 0.15) is 49.2 Å². The number of nitrogens with zero attached hydrogens (tertiary/aromatic N) is 2. The van der Waals surface area contributed by atoms with Gasteiger partial charge in [-0.2, -0.15) is 0 Å². The molecule has 1 aliphatic carbocycles. The van der Waals surface area contributed by atoms with Crippen molar-refractivity contribution in [3.63, 3.8) is 0 Å². The smallest absolute Gasteiger partial charge is 0.240 e. The summed E-state index contributed by atoms with van der Waals surface area (Å²) < 4.78 is 0. The first kappa shape index (κ1) is 19.8. The molecule has 152 valence electrons. The number of likely N-dealkylation sites (tertiary alicyclic amines) is 1. The number of benzene rings is 1. The van der Waals surface area contributed by atoms with Gasteiger partial charge in [-0.25, -0.2) is 4.98 Å². The average molecular weight is 412 g/mol. The molecule has 0 spiro atoms. The lowest BCUT2D eigenvalue weighted by Gasteiger charge is -2.19. The molecular formula is C22H25N3O3S. The molecule has 0 bridgehead atoms. The highest BCUT2D eigenvalue weighted by molar-refractivity contribution is 7.15. The summed E-state index contributed by atoms with van der Waals surface area (Å²) in [6.45, 7) is 3.64. The minimum absolute atomic E-state index is 0.178. The Kier molecular flexibility index (Phi) is 5.50. The summed E-state index contributed by atoms with van der Waals surface area (Å²) in [5.41, 5.74) is 1.92. The van der Waals surface area contributed by atoms with Crippen LogP contribution >= 0.6 is 11.3 Å². The zero-order chi connectivity index (χ0) is 20.5. The lowest BCUT2D eigenvalue weighted by atomic mass is 9.81. The molecule has 1 aromatic carbocycles. The average Bonchev–Trinajstić information content (AvgIpc) is 3.23. The van der Waals surface area contributed by atoms with Crippen LogP contribution in [0.3, 0.4) is 0 Å². The molecule has 3 unspecified atom stereocenters. The van der Waals surface area contributed by atoms with E-state index in [0.29, 0.717) is 0 Å². The summed E-state index contributed by atoms with van der Waals surface area (Å²) in [6.07, 6.45) is 3.47. The van der Waals surface area contributed by atoms with Crippen LogP contribution in [-0.2, 0) is 14.4 Å². The second kappa shape index (κ2) is 8.06. The number of fused-ring (bicyclic) bond motifs is 1. The van der Waals surface area contributed by atoms with Crippen molar-refractivity contribution in [2.45, 2.75) is 45.6 Å². The number of aromatic nitrogens is 1. The molecular weight excluding hydrogens is 386 g/mol. The van der Waals surface area contributed by atoms with Gasteiger partial charge < -0.3 is 5.32 Å². The Morgan fingerprint density at radius 1 is 1.17 bits per heavy atom. The number of rotatable bonds is 5. The number of amides is 3. The van der Waals surface area contributed by atoms with E-state index >= 15 is 0 Å². The molecule has 6 nitrogen and oxygen atoms in total. The minimum atomic E-state index is -0.313. The van der Waals surface area contributed by atoms with E-state index in [0.717, 1.165) is 51.7 Å². The van der Waals surface area contributed by atoms with Gasteiger partial charge >= 0.3 is 0 Å². The monoisotopic (exact) mass is 411 g/mol. The lowest BCUT2D eigenvalue weighted by molar-refractivity contribution is -0.143. The van der Waals surface area contributed by atoms with E-state index in [9.17, 15) is 14.4 Å². The molecule has 0 radical (unpaired) electrons. The normalized spacial score (nSPS) is 22.5. The highest BCUT2D eigenvalue weighted by atomic mass is 32.1. The van der Waals surface area contributed by atoms with E-state index in [2.05, 4.69) is 10.3 Å². The van der Waals surface area contributed by atoms with Crippen LogP contribution < -0.4 is 5.32 Å². The maximum absolute atomic E-state index is 12.6. The number of thiazole rings is 1. The van der Waals surface area contributed by atoms with Gasteiger partial charge in [0, 0.05) is 5.56 Å². The molecule has 1 saturated heterocycles. The number of hydrogen-bond donors (Lipinski definition) is 1. The van der Waals surface area contributed by atoms with Crippen molar-refractivity contribution in [1.29, 1.82) is 0 Å². The summed E-state index contributed by atoms with van der Waals surface area (Å²) in [7, 11) is 0. The fraction of sp³-hybridized carbons (Fsp3) is 0.455. The highest BCUT2D eigenvalue weighted by Gasteiger charge is 2.48. The van der Waals surface area contributed by atoms with Crippen LogP contribution in [0.25, 0.3) is 10.6 Å². The maximum Gasteiger partial charge on any atom is 0.240 e. The fourth-order valence-electron chi connectivity index (χ4n) is 4.40. The van der Waals surface area contributed by atoms with Gasteiger partial charge in [0.15, 0.2) is 0 Å². The number of aryl methyl sites for hydroxylation is 1. The molecule has 3 amide bonds. The van der Waals surface area contributed by atoms with Crippen LogP contribution in [0.5, 0.6) is 0 Å². The van der Waals surface area contributed by atoms with Gasteiger partial charge in [-0.05, 0) is 26.7 Å². The van der Waals surface area contributed by atoms with Crippen molar-refractivity contribution >= 4 is 29.1 Å². The van der Waals surface area contributed by atoms with E-state index in [1.165, 1.54) is 0 Å². The molecule has 1 aliphatic heterocycles. The largest absolute Gasteiger partial charge is 0.347 e. The third-order valence-electron chi connectivity index (χ3n) is 5.86. The third kappa shape index (κ3) is 3.83. The van der Waals surface area contributed by atoms with Crippen LogP contribution in [0.15, 0.2) is 30.3 Å². The van der Waals surface area contributed by atoms with Gasteiger partial charge in [0.25, 0.3) is 0 Å². The molecule has 2 aliphatic rings. The van der Waals surface area contributed by atoms with Gasteiger partial charge in [-0.15, -0.1) is 11.3 Å². The minimum Gasteiger partial charge on any atom is -0.347 e. The molecule has 7 heteroatoms. The van der Waals surface area contributed by atoms with E-state index in [1.807, 2.05) is 44.2 Å². The predicted octanol–water partition coefficient (Wildman–Crippen LogP) is 3.47. The first-order chi connectivity index (χ1) is 14.0. The highest BCUT2D eigenvalue weighted by Crippen LogP contribution is 2.38. The van der Waals surface area contributed by atoms with Crippen molar-refractivity contribution in [3.05, 3.63) is 40.9 Å². The van der Waals surface area contributed by atoms with Crippen LogP contribution in [0.2, 0.25) is 0 Å². The van der Waals surface area contributed by atoms with Crippen molar-refractivity contribution in [2.24, 2.45) is 11.8 Å². The first-order valence-electron chi connectivity index (χ1n) is 10.1. The second-order valence-corrected chi connectivity index (χ2v) is 8.91. The first-order valence-corrected chi connectivity index (χ1v) is 10.9. The fourth-order valence-corrected chi connectivity index (χ4v) is 5.47. The zero-order valence-electron chi connectivity index (χ0n) is 16.7. The predicted molar refractivity (Wildman–Crippen MR) is 111 cm³/mol. The molecule has 2 heterocycles. The molecule has 2 fully saturated rings. The summed E-state index contributed by atoms with van der Waals surface area (Å²) in [4.78, 5) is 44.5. The Hall–Kier alpha value is -2.54. The molecule has 1 aromatic heterocycles. The van der Waals surface area contributed by atoms with Gasteiger partial charge in [0.05, 0.1) is 28.4 Å². The van der Waals surface area contributed by atoms with Gasteiger partial charge in [0.1, 0.15) is 11.6 Å². The molecule has 29 heavy (non-hydrogen) atoms. The Labute approximate surface area is 174 Å². The SMILES string of the molecule is Cc1nc(-c2ccccc2)sc1C(C)NC(=O)CN1C(=O)C2CCCCC2C1=O. The third-order valence-corrected chi connectivity index (χ3v) is 7.25. The van der Waals surface area contributed by atoms with Gasteiger partial charge in [-0.3, -0.25) is 19.3 Å². The van der Waals surface area contributed by atoms with Gasteiger partial charge in [0.2, 0.25) is 17.7 Å². The van der Waals surface area contributed by atoms with E-state index < -0.39 is 0 Å². The number of carbonyl (C=O) groups is 3. The van der Waals surface area contributed by atoms with Crippen molar-refractivity contribution in [3.8, 4) is 10.6 Å². The van der Waals surface area contributed by atoms with E-state index in [1.54, 1.807) is 11.3 Å². The van der Waals surface area contributed by atoms with Gasteiger partial charge in [-0.1, -0.05) is 43.2 Å². The van der Waals surface area contributed by atoms with Crippen molar-refractivity contribution in [1.82, 2.24) is 15.2 Å². The molecule has 1 N–H and O–H groups in total. The topological polar surface area (TPSA) is 79.4 Å². The van der Waals surface area contributed by atoms with Crippen LogP contribution in [0, 0.1) is 18.8 Å². The summed E-state index contributed by atoms with van der Waals surface area (Å²) in [5, 5.41) is 3.85. The van der Waals surface area contributed by atoms with Crippen molar-refractivity contribution in [2.75, 3.05) is 6.54 Å². The quantitative estimate of drug-likeness (QED) is 0.764. The number of hydrogen-bond acceptors (Lipinski definition) is 5. The Morgan fingerprint density at radius 3 is 2.41 bits per heavy atom. The van der Waals surface area contributed by atoms with Crippen LogP contribution in [0.4, 0.5) is 0 Å². The van der Waals surface area contributed by atoms with Crippen molar-refractivity contribution < 1.29 is 14.4 Å². The maximum atomic E-state index is 12.6. The summed E-state index contributed by atoms with van der Waals surface area (Å²) in [6, 6.07) is 9.68. The Morgan fingerprint density at radius 2 is 1.79 bits per heavy atom. The van der Waals surface area contributed by atoms with Crippen LogP contribution in [-0.4, -0.2) is 34.2 Å². The summed E-state index contributed by atoms with van der Waals surface area (Å²) in [5.74, 6) is -1.12. The molecule has 2 aromatic rings. The van der Waals surface area contributed by atoms with E-state index in [4.69, 9.17) is 0 Å². The molecule has 3 atom stereocenters. The summed E-state index contributed by atoms with van der Waals surface area (Å²) >= 11 is 1.55.